The molecule has 18 heteroatoms. The summed E-state index contributed by atoms with van der Waals surface area (Å²) in [6.45, 7) is 4.11. The summed E-state index contributed by atoms with van der Waals surface area (Å²) in [4.78, 5) is 75.0. The van der Waals surface area contributed by atoms with Crippen LogP contribution >= 0.6 is 0 Å². The third-order valence-corrected chi connectivity index (χ3v) is 7.90. The van der Waals surface area contributed by atoms with Crippen molar-refractivity contribution in [2.75, 3.05) is 18.4 Å². The van der Waals surface area contributed by atoms with Crippen LogP contribution in [-0.4, -0.2) is 95.3 Å². The van der Waals surface area contributed by atoms with Crippen molar-refractivity contribution in [3.63, 3.8) is 0 Å². The Morgan fingerprint density at radius 1 is 0.957 bits per heavy atom. The van der Waals surface area contributed by atoms with Crippen molar-refractivity contribution in [3.05, 3.63) is 42.0 Å². The second-order valence-corrected chi connectivity index (χ2v) is 12.4. The fourth-order valence-electron chi connectivity index (χ4n) is 4.28. The first-order chi connectivity index (χ1) is 21.5. The lowest BCUT2D eigenvalue weighted by Gasteiger charge is -2.27. The summed E-state index contributed by atoms with van der Waals surface area (Å²) in [5.41, 5.74) is 6.30. The Bertz CT molecular complexity index is 1400. The Morgan fingerprint density at radius 3 is 2.09 bits per heavy atom. The number of nitrogens with two attached hydrogens (primary N) is 1. The van der Waals surface area contributed by atoms with Crippen LogP contribution < -0.4 is 27.0 Å². The molecule has 1 heterocycles. The highest BCUT2D eigenvalue weighted by Crippen LogP contribution is 2.14. The lowest BCUT2D eigenvalue weighted by molar-refractivity contribution is -0.142. The Hall–Kier alpha value is -4.23. The van der Waals surface area contributed by atoms with Gasteiger partial charge >= 0.3 is 5.97 Å². The van der Waals surface area contributed by atoms with E-state index >= 15 is 0 Å². The molecule has 2 rings (SSSR count). The minimum atomic E-state index is -5.03. The molecule has 0 aliphatic carbocycles. The molecular formula is C28H40N6O11S. The van der Waals surface area contributed by atoms with Crippen molar-refractivity contribution < 1.29 is 51.6 Å². The SMILES string of the molecule is CC(=O)OCc1ccc(NC(=O)[C@H](CCCNC(N)O)NC(=O)[C@@H](NC(=O)[C@H](CCN2C(=O)C=CC2=O)S(=O)(=O)O)C(C)C)cc1. The molecule has 1 unspecified atom stereocenters. The molecule has 1 aliphatic rings. The topological polar surface area (TPSA) is 264 Å². The van der Waals surface area contributed by atoms with Gasteiger partial charge in [0.25, 0.3) is 21.9 Å². The van der Waals surface area contributed by atoms with Gasteiger partial charge in [0.15, 0.2) is 11.6 Å². The van der Waals surface area contributed by atoms with E-state index in [1.807, 2.05) is 0 Å². The smallest absolute Gasteiger partial charge is 0.302 e. The van der Waals surface area contributed by atoms with E-state index in [2.05, 4.69) is 21.3 Å². The number of carbonyl (C=O) groups is 6. The summed E-state index contributed by atoms with van der Waals surface area (Å²) < 4.78 is 38.8. The minimum Gasteiger partial charge on any atom is -0.461 e. The summed E-state index contributed by atoms with van der Waals surface area (Å²) in [7, 11) is -5.03. The van der Waals surface area contributed by atoms with Crippen LogP contribution in [0, 0.1) is 5.92 Å². The molecule has 4 atom stereocenters. The van der Waals surface area contributed by atoms with Gasteiger partial charge in [-0.1, -0.05) is 26.0 Å². The van der Waals surface area contributed by atoms with Gasteiger partial charge < -0.3 is 25.8 Å². The molecule has 1 aromatic carbocycles. The Kier molecular flexibility index (Phi) is 14.4. The molecule has 1 aliphatic heterocycles. The number of esters is 1. The third-order valence-electron chi connectivity index (χ3n) is 6.73. The second kappa shape index (κ2) is 17.5. The number of anilines is 1. The Labute approximate surface area is 266 Å². The molecule has 0 saturated carbocycles. The predicted molar refractivity (Wildman–Crippen MR) is 162 cm³/mol. The van der Waals surface area contributed by atoms with Crippen LogP contribution in [0.4, 0.5) is 5.69 Å². The zero-order valence-electron chi connectivity index (χ0n) is 25.6. The van der Waals surface area contributed by atoms with Gasteiger partial charge in [-0.2, -0.15) is 8.42 Å². The molecule has 46 heavy (non-hydrogen) atoms. The maximum Gasteiger partial charge on any atom is 0.302 e. The van der Waals surface area contributed by atoms with Crippen molar-refractivity contribution >= 4 is 51.3 Å². The van der Waals surface area contributed by atoms with Gasteiger partial charge in [0.2, 0.25) is 17.7 Å². The number of aliphatic hydroxyl groups is 1. The standard InChI is InChI=1S/C28H40N6O11S/c1-16(2)24(33-26(39)21(46(42,43)44)12-14-34-22(36)10-11-23(34)37)27(40)32-20(5-4-13-30-28(29)41)25(38)31-19-8-6-18(7-9-19)15-45-17(3)35/h6-11,16,20-21,24,28,30,41H,4-5,12-15,29H2,1-3H3,(H,31,38)(H,32,40)(H,33,39)(H,42,43,44)/t20-,21-,24-,28?/m0/s1. The highest BCUT2D eigenvalue weighted by atomic mass is 32.2. The van der Waals surface area contributed by atoms with Crippen LogP contribution in [0.5, 0.6) is 0 Å². The van der Waals surface area contributed by atoms with E-state index in [1.165, 1.54) is 6.92 Å². The number of ether oxygens (including phenoxy) is 1. The molecule has 254 valence electrons. The number of hydrogen-bond donors (Lipinski definition) is 7. The van der Waals surface area contributed by atoms with Crippen LogP contribution in [-0.2, 0) is 50.2 Å². The quantitative estimate of drug-likeness (QED) is 0.0309. The number of imide groups is 1. The fraction of sp³-hybridized carbons (Fsp3) is 0.500. The van der Waals surface area contributed by atoms with Gasteiger partial charge in [0, 0.05) is 31.3 Å². The average Bonchev–Trinajstić information content (AvgIpc) is 3.28. The molecule has 0 aromatic heterocycles. The minimum absolute atomic E-state index is 0.0364. The lowest BCUT2D eigenvalue weighted by Crippen LogP contribution is -2.56. The fourth-order valence-corrected chi connectivity index (χ4v) is 5.02. The molecule has 0 bridgehead atoms. The number of nitrogens with one attached hydrogen (secondary N) is 4. The summed E-state index contributed by atoms with van der Waals surface area (Å²) in [6, 6.07) is 3.84. The highest BCUT2D eigenvalue weighted by molar-refractivity contribution is 7.87. The Balaban J connectivity index is 2.16. The summed E-state index contributed by atoms with van der Waals surface area (Å²) in [5.74, 6) is -5.22. The molecule has 0 fully saturated rings. The van der Waals surface area contributed by atoms with E-state index in [4.69, 9.17) is 10.5 Å². The van der Waals surface area contributed by atoms with E-state index in [-0.39, 0.29) is 26.0 Å². The first-order valence-electron chi connectivity index (χ1n) is 14.3. The highest BCUT2D eigenvalue weighted by Gasteiger charge is 2.37. The van der Waals surface area contributed by atoms with Crippen LogP contribution in [0.25, 0.3) is 0 Å². The lowest BCUT2D eigenvalue weighted by atomic mass is 10.0. The molecule has 0 spiro atoms. The molecule has 8 N–H and O–H groups in total. The van der Waals surface area contributed by atoms with Crippen LogP contribution in [0.1, 0.15) is 45.6 Å². The zero-order chi connectivity index (χ0) is 34.6. The van der Waals surface area contributed by atoms with Gasteiger partial charge in [-0.3, -0.25) is 49.3 Å². The van der Waals surface area contributed by atoms with Crippen molar-refractivity contribution in [2.45, 2.75) is 70.3 Å². The number of rotatable bonds is 18. The van der Waals surface area contributed by atoms with Crippen LogP contribution in [0.2, 0.25) is 0 Å². The predicted octanol–water partition coefficient (Wildman–Crippen LogP) is -1.51. The number of hydrogen-bond acceptors (Lipinski definition) is 12. The number of nitrogens with zero attached hydrogens (tertiary/aromatic N) is 1. The molecule has 1 aromatic rings. The first-order valence-corrected chi connectivity index (χ1v) is 15.8. The third kappa shape index (κ3) is 12.3. The molecule has 5 amide bonds. The van der Waals surface area contributed by atoms with Crippen LogP contribution in [0.3, 0.4) is 0 Å². The van der Waals surface area contributed by atoms with Crippen molar-refractivity contribution in [1.82, 2.24) is 20.9 Å². The normalized spacial score (nSPS) is 15.7. The van der Waals surface area contributed by atoms with Crippen molar-refractivity contribution in [2.24, 2.45) is 11.7 Å². The van der Waals surface area contributed by atoms with E-state index in [1.54, 1.807) is 38.1 Å². The second-order valence-electron chi connectivity index (χ2n) is 10.8. The first kappa shape index (κ1) is 38.0. The van der Waals surface area contributed by atoms with Gasteiger partial charge in [-0.25, -0.2) is 0 Å². The molecule has 17 nitrogen and oxygen atoms in total. The molecule has 0 saturated heterocycles. The number of aliphatic hydroxyl groups excluding tert-OH is 1. The van der Waals surface area contributed by atoms with E-state index in [0.29, 0.717) is 16.2 Å². The monoisotopic (exact) mass is 668 g/mol. The van der Waals surface area contributed by atoms with Crippen molar-refractivity contribution in [3.8, 4) is 0 Å². The average molecular weight is 669 g/mol. The summed E-state index contributed by atoms with van der Waals surface area (Å²) in [5, 5.41) is 17.2. The van der Waals surface area contributed by atoms with Gasteiger partial charge in [-0.15, -0.1) is 0 Å². The van der Waals surface area contributed by atoms with E-state index < -0.39 is 88.2 Å². The van der Waals surface area contributed by atoms with Gasteiger partial charge in [0.1, 0.15) is 18.7 Å². The summed E-state index contributed by atoms with van der Waals surface area (Å²) >= 11 is 0. The zero-order valence-corrected chi connectivity index (χ0v) is 26.4. The Morgan fingerprint density at radius 2 is 1.57 bits per heavy atom. The number of amides is 5. The number of benzene rings is 1. The maximum atomic E-state index is 13.4. The van der Waals surface area contributed by atoms with E-state index in [9.17, 15) is 46.8 Å². The molecular weight excluding hydrogens is 628 g/mol. The summed E-state index contributed by atoms with van der Waals surface area (Å²) in [6.07, 6.45) is 0.333. The van der Waals surface area contributed by atoms with E-state index in [0.717, 1.165) is 12.2 Å². The maximum absolute atomic E-state index is 13.4. The largest absolute Gasteiger partial charge is 0.461 e. The van der Waals surface area contributed by atoms with Crippen molar-refractivity contribution in [1.29, 1.82) is 0 Å². The van der Waals surface area contributed by atoms with Gasteiger partial charge in [0.05, 0.1) is 0 Å². The number of carbonyl (C=O) groups excluding carboxylic acids is 6. The van der Waals surface area contributed by atoms with Crippen LogP contribution in [0.15, 0.2) is 36.4 Å². The van der Waals surface area contributed by atoms with Gasteiger partial charge in [-0.05, 0) is 49.4 Å². The molecule has 0 radical (unpaired) electrons.